The largest absolute Gasteiger partial charge is 0.475 e. The highest BCUT2D eigenvalue weighted by molar-refractivity contribution is 6.03. The molecule has 0 unspecified atom stereocenters. The molecular formula is C17H26N2O2. The average molecular weight is 290 g/mol. The molecule has 21 heavy (non-hydrogen) atoms. The molecule has 0 saturated carbocycles. The number of benzene rings is 1. The van der Waals surface area contributed by atoms with E-state index in [1.165, 1.54) is 0 Å². The Kier molecular flexibility index (Phi) is 4.76. The Morgan fingerprint density at radius 2 is 1.90 bits per heavy atom. The minimum absolute atomic E-state index is 0.0841. The molecule has 1 heterocycles. The predicted molar refractivity (Wildman–Crippen MR) is 86.7 cm³/mol. The zero-order valence-electron chi connectivity index (χ0n) is 13.3. The van der Waals surface area contributed by atoms with E-state index in [1.807, 2.05) is 36.9 Å². The zero-order valence-corrected chi connectivity index (χ0v) is 13.3. The monoisotopic (exact) mass is 290 g/mol. The number of hydrogen-bond donors (Lipinski definition) is 1. The molecular weight excluding hydrogens is 264 g/mol. The van der Waals surface area contributed by atoms with Gasteiger partial charge in [0.2, 0.25) is 0 Å². The fourth-order valence-corrected chi connectivity index (χ4v) is 2.88. The van der Waals surface area contributed by atoms with Crippen molar-refractivity contribution in [3.8, 4) is 5.75 Å². The maximum Gasteiger partial charge on any atom is 0.271 e. The summed E-state index contributed by atoms with van der Waals surface area (Å²) in [6.45, 7) is 6.92. The van der Waals surface area contributed by atoms with Crippen LogP contribution < -0.4 is 15.4 Å². The Morgan fingerprint density at radius 3 is 2.52 bits per heavy atom. The van der Waals surface area contributed by atoms with E-state index >= 15 is 0 Å². The van der Waals surface area contributed by atoms with Gasteiger partial charge in [-0.1, -0.05) is 33.6 Å². The van der Waals surface area contributed by atoms with Gasteiger partial charge < -0.3 is 15.4 Å². The number of carbonyl (C=O) groups is 1. The lowest BCUT2D eigenvalue weighted by molar-refractivity contribution is -0.136. The molecule has 0 aliphatic carbocycles. The Morgan fingerprint density at radius 1 is 1.19 bits per heavy atom. The van der Waals surface area contributed by atoms with Gasteiger partial charge in [-0.15, -0.1) is 0 Å². The molecule has 1 aliphatic heterocycles. The van der Waals surface area contributed by atoms with Crippen molar-refractivity contribution in [3.05, 3.63) is 18.2 Å². The van der Waals surface area contributed by atoms with Crippen molar-refractivity contribution in [2.75, 3.05) is 17.2 Å². The molecule has 4 heteroatoms. The number of nitrogens with two attached hydrogens (primary N) is 1. The summed E-state index contributed by atoms with van der Waals surface area (Å²) in [7, 11) is 0. The maximum atomic E-state index is 12.9. The Labute approximate surface area is 127 Å². The van der Waals surface area contributed by atoms with Crippen LogP contribution in [0.1, 0.15) is 52.9 Å². The lowest BCUT2D eigenvalue weighted by Crippen LogP contribution is -2.55. The summed E-state index contributed by atoms with van der Waals surface area (Å²) in [5.74, 6) is 0.815. The lowest BCUT2D eigenvalue weighted by Gasteiger charge is -2.42. The van der Waals surface area contributed by atoms with Crippen LogP contribution in [0.25, 0.3) is 0 Å². The van der Waals surface area contributed by atoms with Crippen LogP contribution in [0.3, 0.4) is 0 Å². The first-order valence-corrected chi connectivity index (χ1v) is 7.98. The molecule has 1 aromatic carbocycles. The number of anilines is 2. The number of rotatable bonds is 6. The van der Waals surface area contributed by atoms with Gasteiger partial charge in [-0.3, -0.25) is 4.79 Å². The lowest BCUT2D eigenvalue weighted by atomic mass is 9.92. The first kappa shape index (κ1) is 15.7. The van der Waals surface area contributed by atoms with Crippen LogP contribution in [0.5, 0.6) is 5.75 Å². The fraction of sp³-hybridized carbons (Fsp3) is 0.588. The molecule has 4 nitrogen and oxygen atoms in total. The highest BCUT2D eigenvalue weighted by atomic mass is 16.5. The first-order chi connectivity index (χ1) is 10.1. The number of nitrogens with zero attached hydrogens (tertiary/aromatic N) is 1. The minimum atomic E-state index is -0.743. The van der Waals surface area contributed by atoms with Crippen molar-refractivity contribution in [3.63, 3.8) is 0 Å². The molecule has 0 spiro atoms. The van der Waals surface area contributed by atoms with E-state index in [4.69, 9.17) is 10.5 Å². The van der Waals surface area contributed by atoms with Gasteiger partial charge in [-0.05, 0) is 31.4 Å². The molecule has 116 valence electrons. The Hall–Kier alpha value is -1.71. The van der Waals surface area contributed by atoms with Crippen molar-refractivity contribution in [2.45, 2.75) is 58.5 Å². The molecule has 0 atom stereocenters. The van der Waals surface area contributed by atoms with Gasteiger partial charge in [0.05, 0.1) is 5.69 Å². The van der Waals surface area contributed by atoms with Crippen LogP contribution in [0.15, 0.2) is 18.2 Å². The van der Waals surface area contributed by atoms with E-state index in [0.29, 0.717) is 18.5 Å². The second-order valence-electron chi connectivity index (χ2n) is 5.69. The third-order valence-electron chi connectivity index (χ3n) is 4.34. The van der Waals surface area contributed by atoms with Crippen molar-refractivity contribution < 1.29 is 9.53 Å². The standard InChI is InChI=1S/C17H26N2O2/c1-4-7-8-11-19-14-10-9-13(18)12-15(14)21-17(5-2,6-3)16(19)20/h9-10,12H,4-8,11,18H2,1-3H3. The summed E-state index contributed by atoms with van der Waals surface area (Å²) in [5, 5.41) is 0. The molecule has 2 N–H and O–H groups in total. The van der Waals surface area contributed by atoms with Crippen molar-refractivity contribution in [2.24, 2.45) is 0 Å². The maximum absolute atomic E-state index is 12.9. The van der Waals surface area contributed by atoms with Crippen LogP contribution in [0.2, 0.25) is 0 Å². The summed E-state index contributed by atoms with van der Waals surface area (Å²) in [6, 6.07) is 5.55. The van der Waals surface area contributed by atoms with Gasteiger partial charge in [0.25, 0.3) is 5.91 Å². The number of amides is 1. The van der Waals surface area contributed by atoms with Gasteiger partial charge in [0.1, 0.15) is 5.75 Å². The van der Waals surface area contributed by atoms with Gasteiger partial charge >= 0.3 is 0 Å². The molecule has 1 amide bonds. The van der Waals surface area contributed by atoms with Crippen molar-refractivity contribution in [1.29, 1.82) is 0 Å². The first-order valence-electron chi connectivity index (χ1n) is 7.98. The molecule has 0 aromatic heterocycles. The summed E-state index contributed by atoms with van der Waals surface area (Å²) in [5.41, 5.74) is 6.64. The minimum Gasteiger partial charge on any atom is -0.475 e. The topological polar surface area (TPSA) is 55.6 Å². The Bertz CT molecular complexity index is 510. The third-order valence-corrected chi connectivity index (χ3v) is 4.34. The van der Waals surface area contributed by atoms with Crippen LogP contribution in [0.4, 0.5) is 11.4 Å². The van der Waals surface area contributed by atoms with Crippen LogP contribution in [-0.4, -0.2) is 18.1 Å². The van der Waals surface area contributed by atoms with E-state index in [-0.39, 0.29) is 5.91 Å². The van der Waals surface area contributed by atoms with Gasteiger partial charge in [0.15, 0.2) is 5.60 Å². The average Bonchev–Trinajstić information content (AvgIpc) is 2.49. The van der Waals surface area contributed by atoms with Gasteiger partial charge in [-0.2, -0.15) is 0 Å². The molecule has 1 aromatic rings. The number of carbonyl (C=O) groups excluding carboxylic acids is 1. The predicted octanol–water partition coefficient (Wildman–Crippen LogP) is 3.74. The second kappa shape index (κ2) is 6.37. The second-order valence-corrected chi connectivity index (χ2v) is 5.69. The molecule has 0 fully saturated rings. The molecule has 0 radical (unpaired) electrons. The zero-order chi connectivity index (χ0) is 15.5. The van der Waals surface area contributed by atoms with Crippen molar-refractivity contribution >= 4 is 17.3 Å². The smallest absolute Gasteiger partial charge is 0.271 e. The van der Waals surface area contributed by atoms with Crippen LogP contribution in [-0.2, 0) is 4.79 Å². The SMILES string of the molecule is CCCCCN1C(=O)C(CC)(CC)Oc2cc(N)ccc21. The molecule has 2 rings (SSSR count). The van der Waals surface area contributed by atoms with E-state index in [0.717, 1.165) is 37.2 Å². The van der Waals surface area contributed by atoms with Gasteiger partial charge in [-0.25, -0.2) is 0 Å². The normalized spacial score (nSPS) is 16.5. The van der Waals surface area contributed by atoms with E-state index in [1.54, 1.807) is 0 Å². The number of ether oxygens (including phenoxy) is 1. The Balaban J connectivity index is 2.39. The number of nitrogen functional groups attached to an aromatic ring is 1. The summed E-state index contributed by atoms with van der Waals surface area (Å²) >= 11 is 0. The summed E-state index contributed by atoms with van der Waals surface area (Å²) in [6.07, 6.45) is 4.61. The van der Waals surface area contributed by atoms with Crippen molar-refractivity contribution in [1.82, 2.24) is 0 Å². The summed E-state index contributed by atoms with van der Waals surface area (Å²) in [4.78, 5) is 14.8. The van der Waals surface area contributed by atoms with Crippen LogP contribution in [0, 0.1) is 0 Å². The molecule has 1 aliphatic rings. The van der Waals surface area contributed by atoms with Crippen LogP contribution >= 0.6 is 0 Å². The van der Waals surface area contributed by atoms with E-state index in [9.17, 15) is 4.79 Å². The quantitative estimate of drug-likeness (QED) is 0.641. The number of fused-ring (bicyclic) bond motifs is 1. The fourth-order valence-electron chi connectivity index (χ4n) is 2.88. The number of unbranched alkanes of at least 4 members (excludes halogenated alkanes) is 2. The van der Waals surface area contributed by atoms with E-state index in [2.05, 4.69) is 6.92 Å². The third kappa shape index (κ3) is 2.85. The molecule has 0 bridgehead atoms. The van der Waals surface area contributed by atoms with Gasteiger partial charge in [0, 0.05) is 18.3 Å². The van der Waals surface area contributed by atoms with E-state index < -0.39 is 5.60 Å². The molecule has 0 saturated heterocycles. The number of hydrogen-bond acceptors (Lipinski definition) is 3. The highest BCUT2D eigenvalue weighted by Gasteiger charge is 2.45. The summed E-state index contributed by atoms with van der Waals surface area (Å²) < 4.78 is 6.08. The highest BCUT2D eigenvalue weighted by Crippen LogP contribution is 2.41.